The molecule has 2 fully saturated rings. The van der Waals surface area contributed by atoms with Gasteiger partial charge in [0.1, 0.15) is 6.10 Å². The van der Waals surface area contributed by atoms with E-state index in [1.54, 1.807) is 0 Å². The average molecular weight is 268 g/mol. The fourth-order valence-corrected chi connectivity index (χ4v) is 3.80. The van der Waals surface area contributed by atoms with Crippen LogP contribution in [0.25, 0.3) is 10.8 Å². The fraction of sp³-hybridized carbons (Fsp3) is 0.471. The summed E-state index contributed by atoms with van der Waals surface area (Å²) in [5.74, 6) is 0.803. The first-order chi connectivity index (χ1) is 9.81. The number of fused-ring (bicyclic) bond motifs is 3. The lowest BCUT2D eigenvalue weighted by Crippen LogP contribution is -2.43. The van der Waals surface area contributed by atoms with Gasteiger partial charge >= 0.3 is 0 Å². The maximum absolute atomic E-state index is 6.26. The number of ether oxygens (including phenoxy) is 1. The van der Waals surface area contributed by atoms with Crippen LogP contribution in [0.2, 0.25) is 0 Å². The highest BCUT2D eigenvalue weighted by molar-refractivity contribution is 5.86. The molecule has 4 rings (SSSR count). The molecule has 0 aliphatic carbocycles. The summed E-state index contributed by atoms with van der Waals surface area (Å²) in [5.41, 5.74) is 0. The van der Waals surface area contributed by atoms with E-state index in [9.17, 15) is 0 Å². The van der Waals surface area contributed by atoms with Gasteiger partial charge in [-0.1, -0.05) is 18.2 Å². The van der Waals surface area contributed by atoms with Gasteiger partial charge in [0.2, 0.25) is 5.88 Å². The Morgan fingerprint density at radius 2 is 1.85 bits per heavy atom. The Hall–Kier alpha value is -1.61. The summed E-state index contributed by atoms with van der Waals surface area (Å²) in [5, 5.41) is 2.33. The van der Waals surface area contributed by atoms with Crippen molar-refractivity contribution < 1.29 is 4.74 Å². The normalized spacial score (nSPS) is 29.8. The minimum atomic E-state index is 0.321. The van der Waals surface area contributed by atoms with E-state index >= 15 is 0 Å². The van der Waals surface area contributed by atoms with E-state index < -0.39 is 0 Å². The minimum Gasteiger partial charge on any atom is -0.474 e. The lowest BCUT2D eigenvalue weighted by atomic mass is 10.0. The van der Waals surface area contributed by atoms with Crippen molar-refractivity contribution in [2.75, 3.05) is 7.05 Å². The third-order valence-corrected chi connectivity index (χ3v) is 4.97. The minimum absolute atomic E-state index is 0.321. The summed E-state index contributed by atoms with van der Waals surface area (Å²) in [6, 6.07) is 11.8. The Balaban J connectivity index is 1.59. The fourth-order valence-electron chi connectivity index (χ4n) is 3.80. The van der Waals surface area contributed by atoms with Gasteiger partial charge in [0, 0.05) is 23.7 Å². The third-order valence-electron chi connectivity index (χ3n) is 4.97. The molecule has 2 aliphatic heterocycles. The molecule has 0 radical (unpaired) electrons. The van der Waals surface area contributed by atoms with Crippen molar-refractivity contribution in [3.05, 3.63) is 36.5 Å². The van der Waals surface area contributed by atoms with E-state index in [-0.39, 0.29) is 0 Å². The molecule has 0 saturated carbocycles. The van der Waals surface area contributed by atoms with Crippen molar-refractivity contribution in [1.82, 2.24) is 9.88 Å². The van der Waals surface area contributed by atoms with Crippen molar-refractivity contribution in [3.8, 4) is 5.88 Å². The van der Waals surface area contributed by atoms with Gasteiger partial charge in [-0.25, -0.2) is 4.98 Å². The topological polar surface area (TPSA) is 25.4 Å². The van der Waals surface area contributed by atoms with Crippen LogP contribution in [0.3, 0.4) is 0 Å². The molecule has 2 atom stereocenters. The molecule has 2 bridgehead atoms. The Kier molecular flexibility index (Phi) is 2.88. The van der Waals surface area contributed by atoms with Crippen LogP contribution in [0, 0.1) is 0 Å². The number of benzene rings is 1. The van der Waals surface area contributed by atoms with Gasteiger partial charge in [-0.3, -0.25) is 0 Å². The molecule has 104 valence electrons. The quantitative estimate of drug-likeness (QED) is 0.836. The summed E-state index contributed by atoms with van der Waals surface area (Å²) in [6.45, 7) is 0. The van der Waals surface area contributed by atoms with Gasteiger partial charge in [-0.2, -0.15) is 0 Å². The predicted octanol–water partition coefficient (Wildman–Crippen LogP) is 3.24. The lowest BCUT2D eigenvalue weighted by Gasteiger charge is -2.36. The van der Waals surface area contributed by atoms with Crippen LogP contribution in [0.1, 0.15) is 25.7 Å². The maximum Gasteiger partial charge on any atom is 0.221 e. The van der Waals surface area contributed by atoms with Gasteiger partial charge in [-0.05, 0) is 50.2 Å². The van der Waals surface area contributed by atoms with E-state index in [0.29, 0.717) is 18.2 Å². The van der Waals surface area contributed by atoms with Crippen LogP contribution in [0.15, 0.2) is 36.5 Å². The molecular weight excluding hydrogens is 248 g/mol. The van der Waals surface area contributed by atoms with Crippen LogP contribution in [-0.2, 0) is 0 Å². The van der Waals surface area contributed by atoms with Crippen LogP contribution in [0.4, 0.5) is 0 Å². The Labute approximate surface area is 119 Å². The second-order valence-corrected chi connectivity index (χ2v) is 6.10. The SMILES string of the molecule is CN1C2CCC1CC(Oc1nccc3ccccc13)C2. The van der Waals surface area contributed by atoms with Crippen molar-refractivity contribution in [2.45, 2.75) is 43.9 Å². The van der Waals surface area contributed by atoms with E-state index in [4.69, 9.17) is 4.74 Å². The number of rotatable bonds is 2. The van der Waals surface area contributed by atoms with Gasteiger partial charge in [-0.15, -0.1) is 0 Å². The molecule has 2 aromatic rings. The number of hydrogen-bond donors (Lipinski definition) is 0. The van der Waals surface area contributed by atoms with E-state index in [0.717, 1.165) is 24.1 Å². The second kappa shape index (κ2) is 4.74. The molecular formula is C17H20N2O. The molecule has 0 amide bonds. The zero-order valence-electron chi connectivity index (χ0n) is 11.8. The first-order valence-corrected chi connectivity index (χ1v) is 7.53. The molecule has 20 heavy (non-hydrogen) atoms. The molecule has 1 aromatic carbocycles. The van der Waals surface area contributed by atoms with Crippen LogP contribution < -0.4 is 4.74 Å². The monoisotopic (exact) mass is 268 g/mol. The smallest absolute Gasteiger partial charge is 0.221 e. The molecule has 1 aromatic heterocycles. The molecule has 0 spiro atoms. The van der Waals surface area contributed by atoms with E-state index in [2.05, 4.69) is 41.2 Å². The summed E-state index contributed by atoms with van der Waals surface area (Å²) < 4.78 is 6.26. The van der Waals surface area contributed by atoms with Gasteiger partial charge in [0.05, 0.1) is 0 Å². The molecule has 3 heterocycles. The first kappa shape index (κ1) is 12.2. The average Bonchev–Trinajstić information content (AvgIpc) is 2.70. The number of aromatic nitrogens is 1. The van der Waals surface area contributed by atoms with E-state index in [1.807, 2.05) is 12.3 Å². The number of hydrogen-bond acceptors (Lipinski definition) is 3. The van der Waals surface area contributed by atoms with Crippen molar-refractivity contribution >= 4 is 10.8 Å². The number of nitrogens with zero attached hydrogens (tertiary/aromatic N) is 2. The van der Waals surface area contributed by atoms with Crippen molar-refractivity contribution in [2.24, 2.45) is 0 Å². The van der Waals surface area contributed by atoms with E-state index in [1.165, 1.54) is 18.2 Å². The van der Waals surface area contributed by atoms with Gasteiger partial charge in [0.25, 0.3) is 0 Å². The Morgan fingerprint density at radius 1 is 1.10 bits per heavy atom. The second-order valence-electron chi connectivity index (χ2n) is 6.10. The third kappa shape index (κ3) is 1.97. The Morgan fingerprint density at radius 3 is 2.65 bits per heavy atom. The molecule has 3 nitrogen and oxygen atoms in total. The Bertz CT molecular complexity index is 608. The molecule has 2 aliphatic rings. The van der Waals surface area contributed by atoms with Crippen LogP contribution >= 0.6 is 0 Å². The lowest BCUT2D eigenvalue weighted by molar-refractivity contribution is 0.0643. The van der Waals surface area contributed by atoms with Crippen LogP contribution in [0.5, 0.6) is 5.88 Å². The van der Waals surface area contributed by atoms with Gasteiger partial charge in [0.15, 0.2) is 0 Å². The zero-order chi connectivity index (χ0) is 13.5. The molecule has 2 unspecified atom stereocenters. The van der Waals surface area contributed by atoms with Gasteiger partial charge < -0.3 is 9.64 Å². The zero-order valence-corrected chi connectivity index (χ0v) is 11.8. The molecule has 0 N–H and O–H groups in total. The molecule has 2 saturated heterocycles. The highest BCUT2D eigenvalue weighted by atomic mass is 16.5. The highest BCUT2D eigenvalue weighted by Crippen LogP contribution is 2.36. The highest BCUT2D eigenvalue weighted by Gasteiger charge is 2.39. The predicted molar refractivity (Wildman–Crippen MR) is 80.0 cm³/mol. The largest absolute Gasteiger partial charge is 0.474 e. The summed E-state index contributed by atoms with van der Waals surface area (Å²) in [6.07, 6.45) is 7.09. The van der Waals surface area contributed by atoms with Crippen molar-refractivity contribution in [1.29, 1.82) is 0 Å². The summed E-state index contributed by atoms with van der Waals surface area (Å²) in [7, 11) is 2.26. The first-order valence-electron chi connectivity index (χ1n) is 7.53. The maximum atomic E-state index is 6.26. The summed E-state index contributed by atoms with van der Waals surface area (Å²) >= 11 is 0. The number of pyridine rings is 1. The molecule has 3 heteroatoms. The summed E-state index contributed by atoms with van der Waals surface area (Å²) in [4.78, 5) is 6.99. The number of piperidine rings is 1. The standard InChI is InChI=1S/C17H20N2O/c1-19-13-6-7-14(19)11-15(10-13)20-17-16-5-3-2-4-12(16)8-9-18-17/h2-5,8-9,13-15H,6-7,10-11H2,1H3. The van der Waals surface area contributed by atoms with Crippen molar-refractivity contribution in [3.63, 3.8) is 0 Å². The van der Waals surface area contributed by atoms with Crippen LogP contribution in [-0.4, -0.2) is 35.1 Å².